The minimum absolute atomic E-state index is 0.105. The first-order valence-electron chi connectivity index (χ1n) is 8.19. The predicted molar refractivity (Wildman–Crippen MR) is 114 cm³/mol. The Morgan fingerprint density at radius 3 is 2.56 bits per heavy atom. The molecule has 27 heavy (non-hydrogen) atoms. The number of carbonyl (C=O) groups is 1. The number of benzene rings is 3. The molecule has 0 saturated heterocycles. The van der Waals surface area contributed by atoms with Gasteiger partial charge in [0.15, 0.2) is 0 Å². The lowest BCUT2D eigenvalue weighted by molar-refractivity contribution is -0.115. The number of rotatable bonds is 5. The van der Waals surface area contributed by atoms with Crippen molar-refractivity contribution in [3.05, 3.63) is 86.3 Å². The van der Waals surface area contributed by atoms with Crippen molar-refractivity contribution in [2.24, 2.45) is 0 Å². The lowest BCUT2D eigenvalue weighted by Gasteiger charge is -2.12. The Labute approximate surface area is 176 Å². The Bertz CT molecular complexity index is 992. The zero-order valence-electron chi connectivity index (χ0n) is 14.4. The van der Waals surface area contributed by atoms with Gasteiger partial charge in [0.25, 0.3) is 0 Å². The van der Waals surface area contributed by atoms with Gasteiger partial charge in [0.1, 0.15) is 11.5 Å². The van der Waals surface area contributed by atoms with Crippen LogP contribution in [0.3, 0.4) is 0 Å². The van der Waals surface area contributed by atoms with Gasteiger partial charge >= 0.3 is 0 Å². The Morgan fingerprint density at radius 1 is 1.04 bits per heavy atom. The van der Waals surface area contributed by atoms with Gasteiger partial charge < -0.3 is 10.1 Å². The summed E-state index contributed by atoms with van der Waals surface area (Å²) in [5, 5.41) is 3.90. The Kier molecular flexibility index (Phi) is 6.42. The standard InChI is InChI=1S/C21H16BrCl2NO2/c1-13-4-2-3-5-18(13)25-21(26)11-14-6-9-19(17(24)10-14)27-20-12-15(23)7-8-16(20)22/h2-10,12H,11H2,1H3,(H,25,26). The van der Waals surface area contributed by atoms with E-state index in [4.69, 9.17) is 27.9 Å². The second kappa shape index (κ2) is 8.79. The molecule has 3 rings (SSSR count). The largest absolute Gasteiger partial charge is 0.455 e. The van der Waals surface area contributed by atoms with Crippen LogP contribution in [0.15, 0.2) is 65.1 Å². The summed E-state index contributed by atoms with van der Waals surface area (Å²) in [6, 6.07) is 18.2. The first-order valence-corrected chi connectivity index (χ1v) is 9.74. The van der Waals surface area contributed by atoms with Crippen LogP contribution in [0.25, 0.3) is 0 Å². The topological polar surface area (TPSA) is 38.3 Å². The highest BCUT2D eigenvalue weighted by Gasteiger charge is 2.11. The van der Waals surface area contributed by atoms with E-state index in [1.165, 1.54) is 0 Å². The van der Waals surface area contributed by atoms with Crippen LogP contribution in [0.5, 0.6) is 11.5 Å². The van der Waals surface area contributed by atoms with Crippen LogP contribution in [-0.4, -0.2) is 5.91 Å². The maximum Gasteiger partial charge on any atom is 0.228 e. The monoisotopic (exact) mass is 463 g/mol. The molecule has 0 aliphatic carbocycles. The van der Waals surface area contributed by atoms with Crippen molar-refractivity contribution in [2.75, 3.05) is 5.32 Å². The highest BCUT2D eigenvalue weighted by atomic mass is 79.9. The maximum atomic E-state index is 12.3. The van der Waals surface area contributed by atoms with Gasteiger partial charge in [-0.15, -0.1) is 0 Å². The molecule has 0 saturated carbocycles. The predicted octanol–water partition coefficient (Wildman–Crippen LogP) is 7.04. The molecule has 0 bridgehead atoms. The fraction of sp³-hybridized carbons (Fsp3) is 0.0952. The number of hydrogen-bond donors (Lipinski definition) is 1. The molecular formula is C21H16BrCl2NO2. The average molecular weight is 465 g/mol. The van der Waals surface area contributed by atoms with Crippen LogP contribution in [-0.2, 0) is 11.2 Å². The molecule has 6 heteroatoms. The third kappa shape index (κ3) is 5.25. The first kappa shape index (κ1) is 19.7. The van der Waals surface area contributed by atoms with Crippen LogP contribution in [0.4, 0.5) is 5.69 Å². The minimum atomic E-state index is -0.105. The lowest BCUT2D eigenvalue weighted by atomic mass is 10.1. The summed E-state index contributed by atoms with van der Waals surface area (Å²) in [6.07, 6.45) is 0.217. The van der Waals surface area contributed by atoms with Crippen molar-refractivity contribution < 1.29 is 9.53 Å². The number of carbonyl (C=O) groups excluding carboxylic acids is 1. The number of para-hydroxylation sites is 1. The molecule has 0 radical (unpaired) electrons. The molecule has 3 nitrogen and oxygen atoms in total. The van der Waals surface area contributed by atoms with Crippen molar-refractivity contribution >= 4 is 50.7 Å². The summed E-state index contributed by atoms with van der Waals surface area (Å²) in [7, 11) is 0. The van der Waals surface area contributed by atoms with Gasteiger partial charge in [-0.3, -0.25) is 4.79 Å². The zero-order chi connectivity index (χ0) is 19.4. The molecule has 0 heterocycles. The van der Waals surface area contributed by atoms with E-state index >= 15 is 0 Å². The highest BCUT2D eigenvalue weighted by Crippen LogP contribution is 2.35. The van der Waals surface area contributed by atoms with Crippen LogP contribution in [0.2, 0.25) is 10.0 Å². The highest BCUT2D eigenvalue weighted by molar-refractivity contribution is 9.10. The van der Waals surface area contributed by atoms with E-state index in [0.717, 1.165) is 21.3 Å². The SMILES string of the molecule is Cc1ccccc1NC(=O)Cc1ccc(Oc2cc(Cl)ccc2Br)c(Cl)c1. The van der Waals surface area contributed by atoms with Crippen molar-refractivity contribution in [3.8, 4) is 11.5 Å². The van der Waals surface area contributed by atoms with Gasteiger partial charge in [0.05, 0.1) is 15.9 Å². The van der Waals surface area contributed by atoms with Gasteiger partial charge in [-0.1, -0.05) is 47.5 Å². The summed E-state index contributed by atoms with van der Waals surface area (Å²) in [6.45, 7) is 1.95. The Morgan fingerprint density at radius 2 is 1.81 bits per heavy atom. The fourth-order valence-corrected chi connectivity index (χ4v) is 3.24. The summed E-state index contributed by atoms with van der Waals surface area (Å²) in [5.41, 5.74) is 2.61. The number of nitrogens with one attached hydrogen (secondary N) is 1. The molecule has 138 valence electrons. The molecule has 0 spiro atoms. The molecular weight excluding hydrogens is 449 g/mol. The van der Waals surface area contributed by atoms with Gasteiger partial charge in [-0.05, 0) is 64.3 Å². The maximum absolute atomic E-state index is 12.3. The first-order chi connectivity index (χ1) is 12.9. The van der Waals surface area contributed by atoms with Gasteiger partial charge in [0.2, 0.25) is 5.91 Å². The molecule has 3 aromatic carbocycles. The number of hydrogen-bond acceptors (Lipinski definition) is 2. The quantitative estimate of drug-likeness (QED) is 0.439. The number of ether oxygens (including phenoxy) is 1. The third-order valence-electron chi connectivity index (χ3n) is 3.89. The van der Waals surface area contributed by atoms with E-state index < -0.39 is 0 Å². The summed E-state index contributed by atoms with van der Waals surface area (Å²) < 4.78 is 6.60. The fourth-order valence-electron chi connectivity index (χ4n) is 2.50. The number of anilines is 1. The third-order valence-corrected chi connectivity index (χ3v) is 5.08. The molecule has 0 aromatic heterocycles. The van der Waals surface area contributed by atoms with E-state index in [1.54, 1.807) is 30.3 Å². The Balaban J connectivity index is 1.70. The molecule has 0 aliphatic rings. The van der Waals surface area contributed by atoms with Crippen LogP contribution < -0.4 is 10.1 Å². The van der Waals surface area contributed by atoms with Gasteiger partial charge in [-0.25, -0.2) is 0 Å². The molecule has 1 N–H and O–H groups in total. The second-order valence-corrected chi connectivity index (χ2v) is 7.68. The second-order valence-electron chi connectivity index (χ2n) is 5.98. The lowest BCUT2D eigenvalue weighted by Crippen LogP contribution is -2.15. The number of halogens is 3. The van der Waals surface area contributed by atoms with Crippen LogP contribution in [0.1, 0.15) is 11.1 Å². The molecule has 1 amide bonds. The van der Waals surface area contributed by atoms with E-state index in [9.17, 15) is 4.79 Å². The van der Waals surface area contributed by atoms with Crippen molar-refractivity contribution in [1.29, 1.82) is 0 Å². The number of amides is 1. The molecule has 0 fully saturated rings. The summed E-state index contributed by atoms with van der Waals surface area (Å²) >= 11 is 15.8. The molecule has 3 aromatic rings. The smallest absolute Gasteiger partial charge is 0.228 e. The van der Waals surface area contributed by atoms with Crippen molar-refractivity contribution in [1.82, 2.24) is 0 Å². The normalized spacial score (nSPS) is 10.5. The molecule has 0 unspecified atom stereocenters. The van der Waals surface area contributed by atoms with Gasteiger partial charge in [0, 0.05) is 16.8 Å². The summed E-state index contributed by atoms with van der Waals surface area (Å²) in [4.78, 5) is 12.3. The van der Waals surface area contributed by atoms with E-state index in [-0.39, 0.29) is 12.3 Å². The van der Waals surface area contributed by atoms with Crippen molar-refractivity contribution in [3.63, 3.8) is 0 Å². The van der Waals surface area contributed by atoms with E-state index in [0.29, 0.717) is 21.5 Å². The Hall–Kier alpha value is -2.01. The number of aryl methyl sites for hydroxylation is 1. The molecule has 0 atom stereocenters. The molecule has 0 aliphatic heterocycles. The van der Waals surface area contributed by atoms with E-state index in [2.05, 4.69) is 21.2 Å². The van der Waals surface area contributed by atoms with Crippen LogP contribution in [0, 0.1) is 6.92 Å². The zero-order valence-corrected chi connectivity index (χ0v) is 17.5. The van der Waals surface area contributed by atoms with E-state index in [1.807, 2.05) is 37.3 Å². The van der Waals surface area contributed by atoms with Crippen molar-refractivity contribution in [2.45, 2.75) is 13.3 Å². The van der Waals surface area contributed by atoms with Gasteiger partial charge in [-0.2, -0.15) is 0 Å². The summed E-state index contributed by atoms with van der Waals surface area (Å²) in [5.74, 6) is 0.948. The average Bonchev–Trinajstić information content (AvgIpc) is 2.62. The van der Waals surface area contributed by atoms with Crippen LogP contribution >= 0.6 is 39.1 Å². The minimum Gasteiger partial charge on any atom is -0.455 e.